The van der Waals surface area contributed by atoms with E-state index in [1.807, 2.05) is 0 Å². The van der Waals surface area contributed by atoms with Crippen LogP contribution < -0.4 is 0 Å². The van der Waals surface area contributed by atoms with Gasteiger partial charge in [0.15, 0.2) is 11.6 Å². The number of nitrogens with zero attached hydrogens (tertiary/aromatic N) is 1. The van der Waals surface area contributed by atoms with Crippen LogP contribution in [-0.4, -0.2) is 16.1 Å². The lowest BCUT2D eigenvalue weighted by Crippen LogP contribution is -2.12. The van der Waals surface area contributed by atoms with Gasteiger partial charge in [-0.25, -0.2) is 13.6 Å². The molecule has 21 heavy (non-hydrogen) atoms. The largest absolute Gasteiger partial charge is 0.478 e. The topological polar surface area (TPSA) is 50.2 Å². The van der Waals surface area contributed by atoms with Gasteiger partial charge in [0.25, 0.3) is 0 Å². The van der Waals surface area contributed by atoms with E-state index in [0.29, 0.717) is 24.1 Å². The van der Waals surface area contributed by atoms with E-state index in [2.05, 4.69) is 4.98 Å². The maximum Gasteiger partial charge on any atom is 0.336 e. The zero-order chi connectivity index (χ0) is 15.0. The van der Waals surface area contributed by atoms with E-state index in [4.69, 9.17) is 0 Å². The number of carboxylic acid groups (broad SMARTS) is 1. The number of hydrogen-bond acceptors (Lipinski definition) is 2. The van der Waals surface area contributed by atoms with Crippen molar-refractivity contribution in [1.29, 1.82) is 0 Å². The fourth-order valence-corrected chi connectivity index (χ4v) is 3.02. The van der Waals surface area contributed by atoms with Crippen molar-refractivity contribution in [3.63, 3.8) is 0 Å². The van der Waals surface area contributed by atoms with Crippen LogP contribution in [-0.2, 0) is 12.8 Å². The second-order valence-corrected chi connectivity index (χ2v) is 5.41. The van der Waals surface area contributed by atoms with Gasteiger partial charge in [0.1, 0.15) is 0 Å². The maximum absolute atomic E-state index is 13.5. The summed E-state index contributed by atoms with van der Waals surface area (Å²) in [6.45, 7) is 0. The number of benzene rings is 1. The summed E-state index contributed by atoms with van der Waals surface area (Å²) in [5, 5.41) is 9.70. The molecule has 0 spiro atoms. The zero-order valence-corrected chi connectivity index (χ0v) is 11.5. The van der Waals surface area contributed by atoms with E-state index in [1.54, 1.807) is 0 Å². The van der Waals surface area contributed by atoms with Gasteiger partial charge >= 0.3 is 5.97 Å². The molecule has 0 radical (unpaired) electrons. The summed E-state index contributed by atoms with van der Waals surface area (Å²) in [6.07, 6.45) is 5.27. The Balaban J connectivity index is 2.34. The second kappa shape index (κ2) is 5.39. The van der Waals surface area contributed by atoms with E-state index in [9.17, 15) is 18.7 Å². The van der Waals surface area contributed by atoms with Gasteiger partial charge in [0, 0.05) is 17.1 Å². The van der Waals surface area contributed by atoms with E-state index < -0.39 is 17.6 Å². The molecular formula is C16H15F2NO2. The number of aryl methyl sites for hydroxylation is 1. The minimum Gasteiger partial charge on any atom is -0.478 e. The first-order valence-electron chi connectivity index (χ1n) is 7.11. The van der Waals surface area contributed by atoms with E-state index >= 15 is 0 Å². The zero-order valence-electron chi connectivity index (χ0n) is 11.5. The molecule has 5 heteroatoms. The summed E-state index contributed by atoms with van der Waals surface area (Å²) in [7, 11) is 0. The van der Waals surface area contributed by atoms with Gasteiger partial charge in [-0.2, -0.15) is 0 Å². The normalized spacial score (nSPS) is 15.3. The molecule has 1 aliphatic rings. The third kappa shape index (κ3) is 2.48. The molecule has 0 unspecified atom stereocenters. The number of fused-ring (bicyclic) bond motifs is 2. The summed E-state index contributed by atoms with van der Waals surface area (Å²) in [4.78, 5) is 16.0. The predicted octanol–water partition coefficient (Wildman–Crippen LogP) is 3.87. The van der Waals surface area contributed by atoms with Crippen LogP contribution in [0.1, 0.15) is 47.3 Å². The number of halogens is 2. The Labute approximate surface area is 120 Å². The van der Waals surface area contributed by atoms with Gasteiger partial charge in [0.2, 0.25) is 0 Å². The molecular weight excluding hydrogens is 276 g/mol. The number of aromatic nitrogens is 1. The van der Waals surface area contributed by atoms with E-state index in [0.717, 1.165) is 37.8 Å². The average molecular weight is 291 g/mol. The molecule has 0 amide bonds. The predicted molar refractivity (Wildman–Crippen MR) is 74.5 cm³/mol. The summed E-state index contributed by atoms with van der Waals surface area (Å²) in [5.41, 5.74) is 1.69. The summed E-state index contributed by atoms with van der Waals surface area (Å²) < 4.78 is 26.9. The molecule has 0 fully saturated rings. The molecule has 1 aromatic heterocycles. The minimum atomic E-state index is -1.11. The maximum atomic E-state index is 13.5. The monoisotopic (exact) mass is 291 g/mol. The van der Waals surface area contributed by atoms with Gasteiger partial charge in [-0.1, -0.05) is 12.8 Å². The molecule has 110 valence electrons. The highest BCUT2D eigenvalue weighted by Gasteiger charge is 2.22. The van der Waals surface area contributed by atoms with Crippen molar-refractivity contribution in [2.24, 2.45) is 0 Å². The smallest absolute Gasteiger partial charge is 0.336 e. The van der Waals surface area contributed by atoms with E-state index in [1.165, 1.54) is 0 Å². The highest BCUT2D eigenvalue weighted by molar-refractivity contribution is 6.04. The van der Waals surface area contributed by atoms with Gasteiger partial charge in [-0.3, -0.25) is 4.98 Å². The Kier molecular flexibility index (Phi) is 3.57. The standard InChI is InChI=1S/C16H15F2NO2/c17-11-7-10-14(8-12(11)18)19-13-6-4-2-1-3-5-9(13)15(10)16(20)21/h7-8H,1-6H2,(H,20,21). The molecule has 1 aliphatic carbocycles. The summed E-state index contributed by atoms with van der Waals surface area (Å²) >= 11 is 0. The van der Waals surface area contributed by atoms with Crippen molar-refractivity contribution in [3.05, 3.63) is 40.6 Å². The number of carboxylic acids is 1. The molecule has 1 aromatic carbocycles. The van der Waals surface area contributed by atoms with Gasteiger partial charge < -0.3 is 5.11 Å². The Morgan fingerprint density at radius 2 is 1.71 bits per heavy atom. The summed E-state index contributed by atoms with van der Waals surface area (Å²) in [6, 6.07) is 1.93. The Morgan fingerprint density at radius 3 is 2.43 bits per heavy atom. The number of carbonyl (C=O) groups is 1. The third-order valence-corrected chi connectivity index (χ3v) is 4.02. The quantitative estimate of drug-likeness (QED) is 0.867. The van der Waals surface area contributed by atoms with Crippen molar-refractivity contribution in [3.8, 4) is 0 Å². The fourth-order valence-electron chi connectivity index (χ4n) is 3.02. The molecule has 3 nitrogen and oxygen atoms in total. The molecule has 1 heterocycles. The van der Waals surface area contributed by atoms with Crippen LogP contribution in [0.25, 0.3) is 10.9 Å². The SMILES string of the molecule is O=C(O)c1c2c(nc3cc(F)c(F)cc13)CCCCCC2. The van der Waals surface area contributed by atoms with Crippen molar-refractivity contribution in [1.82, 2.24) is 4.98 Å². The molecule has 0 aliphatic heterocycles. The van der Waals surface area contributed by atoms with E-state index in [-0.39, 0.29) is 16.5 Å². The summed E-state index contributed by atoms with van der Waals surface area (Å²) in [5.74, 6) is -3.15. The number of aromatic carboxylic acids is 1. The fraction of sp³-hybridized carbons (Fsp3) is 0.375. The van der Waals surface area contributed by atoms with Crippen LogP contribution in [0, 0.1) is 11.6 Å². The van der Waals surface area contributed by atoms with Crippen LogP contribution in [0.2, 0.25) is 0 Å². The molecule has 0 bridgehead atoms. The van der Waals surface area contributed by atoms with Crippen molar-refractivity contribution < 1.29 is 18.7 Å². The van der Waals surface area contributed by atoms with Crippen molar-refractivity contribution in [2.45, 2.75) is 38.5 Å². The molecule has 0 atom stereocenters. The Bertz CT molecular complexity index is 728. The van der Waals surface area contributed by atoms with Crippen molar-refractivity contribution in [2.75, 3.05) is 0 Å². The number of rotatable bonds is 1. The number of hydrogen-bond donors (Lipinski definition) is 1. The van der Waals surface area contributed by atoms with Crippen molar-refractivity contribution >= 4 is 16.9 Å². The lowest BCUT2D eigenvalue weighted by molar-refractivity contribution is 0.0697. The molecule has 2 aromatic rings. The number of pyridine rings is 1. The van der Waals surface area contributed by atoms with Crippen LogP contribution in [0.4, 0.5) is 8.78 Å². The van der Waals surface area contributed by atoms with Gasteiger partial charge in [-0.05, 0) is 37.3 Å². The highest BCUT2D eigenvalue weighted by atomic mass is 19.2. The first-order chi connectivity index (χ1) is 10.1. The average Bonchev–Trinajstić information content (AvgIpc) is 2.40. The van der Waals surface area contributed by atoms with Crippen LogP contribution in [0.15, 0.2) is 12.1 Å². The molecule has 3 rings (SSSR count). The first kappa shape index (κ1) is 13.9. The molecule has 0 saturated heterocycles. The lowest BCUT2D eigenvalue weighted by Gasteiger charge is -2.17. The van der Waals surface area contributed by atoms with Gasteiger partial charge in [-0.15, -0.1) is 0 Å². The van der Waals surface area contributed by atoms with Crippen LogP contribution in [0.3, 0.4) is 0 Å². The first-order valence-corrected chi connectivity index (χ1v) is 7.11. The molecule has 1 N–H and O–H groups in total. The molecule has 0 saturated carbocycles. The lowest BCUT2D eigenvalue weighted by atomic mass is 9.91. The second-order valence-electron chi connectivity index (χ2n) is 5.41. The van der Waals surface area contributed by atoms with Crippen LogP contribution in [0.5, 0.6) is 0 Å². The highest BCUT2D eigenvalue weighted by Crippen LogP contribution is 2.29. The minimum absolute atomic E-state index is 0.0794. The van der Waals surface area contributed by atoms with Gasteiger partial charge in [0.05, 0.1) is 11.1 Å². The Hall–Kier alpha value is -2.04. The Morgan fingerprint density at radius 1 is 1.05 bits per heavy atom. The third-order valence-electron chi connectivity index (χ3n) is 4.02. The van der Waals surface area contributed by atoms with Crippen LogP contribution >= 0.6 is 0 Å².